The van der Waals surface area contributed by atoms with Crippen LogP contribution in [0.15, 0.2) is 80.8 Å². The molecule has 4 nitrogen and oxygen atoms in total. The Balaban J connectivity index is 0.00000162. The molecule has 2 amide bonds. The molecule has 0 atom stereocenters. The highest BCUT2D eigenvalue weighted by molar-refractivity contribution is 9.11. The van der Waals surface area contributed by atoms with Gasteiger partial charge in [-0.25, -0.2) is 0 Å². The molecule has 0 radical (unpaired) electrons. The number of hydrogen-bond donors (Lipinski definition) is 2. The van der Waals surface area contributed by atoms with Crippen LogP contribution >= 0.6 is 31.9 Å². The molecular weight excluding hydrogens is 718 g/mol. The summed E-state index contributed by atoms with van der Waals surface area (Å²) >= 11 is 6.20. The van der Waals surface area contributed by atoms with Crippen molar-refractivity contribution >= 4 is 55.0 Å². The average molecular weight is 750 g/mol. The van der Waals surface area contributed by atoms with Gasteiger partial charge in [-0.3, -0.25) is 9.59 Å². The van der Waals surface area contributed by atoms with E-state index in [0.717, 1.165) is 25.0 Å². The van der Waals surface area contributed by atoms with Crippen LogP contribution in [0.5, 0.6) is 0 Å². The zero-order chi connectivity index (χ0) is 33.2. The van der Waals surface area contributed by atoms with E-state index >= 15 is 0 Å². The van der Waals surface area contributed by atoms with Crippen LogP contribution in [0.4, 0.5) is 37.7 Å². The Labute approximate surface area is 269 Å². The number of benzene rings is 2. The van der Waals surface area contributed by atoms with E-state index in [9.17, 15) is 35.9 Å². The van der Waals surface area contributed by atoms with E-state index in [-0.39, 0.29) is 31.5 Å². The zero-order valence-electron chi connectivity index (χ0n) is 24.4. The molecule has 2 N–H and O–H groups in total. The Bertz CT molecular complexity index is 1380. The second-order valence-corrected chi connectivity index (χ2v) is 10.6. The van der Waals surface area contributed by atoms with Crippen molar-refractivity contribution in [2.24, 2.45) is 0 Å². The number of carbonyl (C=O) groups excluding carboxylic acids is 2. The Morgan fingerprint density at radius 3 is 1.23 bits per heavy atom. The van der Waals surface area contributed by atoms with Gasteiger partial charge in [-0.05, 0) is 92.9 Å². The summed E-state index contributed by atoms with van der Waals surface area (Å²) in [4.78, 5) is 25.2. The van der Waals surface area contributed by atoms with Crippen molar-refractivity contribution in [3.63, 3.8) is 0 Å². The second-order valence-electron chi connectivity index (χ2n) is 8.94. The molecule has 2 aromatic carbocycles. The summed E-state index contributed by atoms with van der Waals surface area (Å²) < 4.78 is 85.2. The molecule has 0 spiro atoms. The lowest BCUT2D eigenvalue weighted by Crippen LogP contribution is -2.17. The van der Waals surface area contributed by atoms with Crippen molar-refractivity contribution < 1.29 is 35.9 Å². The van der Waals surface area contributed by atoms with E-state index in [1.54, 1.807) is 36.5 Å². The molecule has 12 heteroatoms. The molecule has 2 aromatic rings. The largest absolute Gasteiger partial charge is 0.417 e. The summed E-state index contributed by atoms with van der Waals surface area (Å²) in [5.41, 5.74) is -4.29. The molecule has 4 rings (SSSR count). The van der Waals surface area contributed by atoms with E-state index in [4.69, 9.17) is 0 Å². The van der Waals surface area contributed by atoms with Gasteiger partial charge >= 0.3 is 12.4 Å². The first-order chi connectivity index (χ1) is 20.8. The van der Waals surface area contributed by atoms with Crippen LogP contribution in [0.25, 0.3) is 11.1 Å². The highest BCUT2D eigenvalue weighted by Gasteiger charge is 2.40. The number of alkyl halides is 6. The number of allylic oxidation sites excluding steroid dienone is 4. The lowest BCUT2D eigenvalue weighted by atomic mass is 9.93. The minimum atomic E-state index is -5.07. The standard InChI is InChI=1S/C28H20Br2F6N2O2.2C2H6/c29-21-11-17(19(27(31,32)33)13-23(21)37-25(39)15-7-3-1-4-8-15)18-12-22(30)24(14-20(18)28(34,35)36)38-26(40)16-9-5-2-6-10-16;2*1-2/h3,5,7-14H,1-2,4,6H2,(H,37,39)(H,38,40);2*1-2H3. The summed E-state index contributed by atoms with van der Waals surface area (Å²) in [5.74, 6) is -1.31. The Morgan fingerprint density at radius 2 is 0.955 bits per heavy atom. The first-order valence-electron chi connectivity index (χ1n) is 13.9. The topological polar surface area (TPSA) is 58.2 Å². The van der Waals surface area contributed by atoms with Crippen LogP contribution in [-0.4, -0.2) is 11.8 Å². The van der Waals surface area contributed by atoms with Crippen molar-refractivity contribution in [1.29, 1.82) is 0 Å². The molecule has 2 aliphatic rings. The third-order valence-corrected chi connectivity index (χ3v) is 7.44. The Morgan fingerprint density at radius 1 is 0.614 bits per heavy atom. The van der Waals surface area contributed by atoms with Crippen LogP contribution in [0.3, 0.4) is 0 Å². The highest BCUT2D eigenvalue weighted by Crippen LogP contribution is 2.47. The SMILES string of the molecule is CC.CC.O=C(Nc1cc(C(F)(F)F)c(-c2cc(Br)c(NC(=O)C3=CCCC=C3)cc2C(F)(F)F)cc1Br)C1=CCCC=C1. The number of hydrogen-bond acceptors (Lipinski definition) is 2. The highest BCUT2D eigenvalue weighted by atomic mass is 79.9. The van der Waals surface area contributed by atoms with Gasteiger partial charge in [0.1, 0.15) is 0 Å². The molecule has 0 unspecified atom stereocenters. The van der Waals surface area contributed by atoms with E-state index in [2.05, 4.69) is 42.5 Å². The number of amides is 2. The van der Waals surface area contributed by atoms with Crippen LogP contribution in [0.2, 0.25) is 0 Å². The number of halogens is 8. The zero-order valence-corrected chi connectivity index (χ0v) is 27.6. The van der Waals surface area contributed by atoms with Crippen molar-refractivity contribution in [3.05, 3.63) is 91.9 Å². The van der Waals surface area contributed by atoms with Crippen molar-refractivity contribution in [1.82, 2.24) is 0 Å². The van der Waals surface area contributed by atoms with Gasteiger partial charge in [0.25, 0.3) is 11.8 Å². The van der Waals surface area contributed by atoms with Crippen LogP contribution in [-0.2, 0) is 21.9 Å². The number of carbonyl (C=O) groups is 2. The summed E-state index contributed by atoms with van der Waals surface area (Å²) in [6, 6.07) is 2.96. The predicted molar refractivity (Wildman–Crippen MR) is 170 cm³/mol. The third-order valence-electron chi connectivity index (χ3n) is 6.13. The van der Waals surface area contributed by atoms with E-state index in [0.29, 0.717) is 25.0 Å². The third kappa shape index (κ3) is 9.44. The fourth-order valence-corrected chi connectivity index (χ4v) is 5.09. The van der Waals surface area contributed by atoms with Gasteiger partial charge in [-0.1, -0.05) is 64.2 Å². The summed E-state index contributed by atoms with van der Waals surface area (Å²) in [7, 11) is 0. The Kier molecular flexibility index (Phi) is 13.7. The molecule has 238 valence electrons. The summed E-state index contributed by atoms with van der Waals surface area (Å²) in [5, 5.41) is 4.79. The summed E-state index contributed by atoms with van der Waals surface area (Å²) in [6.07, 6.45) is 2.35. The fourth-order valence-electron chi connectivity index (χ4n) is 4.21. The van der Waals surface area contributed by atoms with E-state index < -0.39 is 46.4 Å². The normalized spacial score (nSPS) is 14.3. The van der Waals surface area contributed by atoms with Crippen LogP contribution in [0, 0.1) is 0 Å². The molecule has 0 bridgehead atoms. The smallest absolute Gasteiger partial charge is 0.321 e. The quantitative estimate of drug-likeness (QED) is 0.299. The average Bonchev–Trinajstić information content (AvgIpc) is 3.00. The monoisotopic (exact) mass is 748 g/mol. The van der Waals surface area contributed by atoms with E-state index in [1.165, 1.54) is 0 Å². The minimum Gasteiger partial charge on any atom is -0.321 e. The van der Waals surface area contributed by atoms with Gasteiger partial charge in [-0.2, -0.15) is 26.3 Å². The summed E-state index contributed by atoms with van der Waals surface area (Å²) in [6.45, 7) is 8.00. The van der Waals surface area contributed by atoms with Crippen molar-refractivity contribution in [2.45, 2.75) is 65.7 Å². The van der Waals surface area contributed by atoms with Gasteiger partial charge in [0.2, 0.25) is 0 Å². The van der Waals surface area contributed by atoms with Gasteiger partial charge in [0, 0.05) is 20.1 Å². The lowest BCUT2D eigenvalue weighted by Gasteiger charge is -2.21. The van der Waals surface area contributed by atoms with E-state index in [1.807, 2.05) is 27.7 Å². The van der Waals surface area contributed by atoms with Gasteiger partial charge in [0.05, 0.1) is 22.5 Å². The van der Waals surface area contributed by atoms with Gasteiger partial charge in [-0.15, -0.1) is 0 Å². The molecule has 2 aliphatic carbocycles. The first-order valence-corrected chi connectivity index (χ1v) is 15.5. The molecule has 0 aromatic heterocycles. The maximum Gasteiger partial charge on any atom is 0.417 e. The molecule has 0 aliphatic heterocycles. The number of anilines is 2. The lowest BCUT2D eigenvalue weighted by molar-refractivity contribution is -0.139. The maximum absolute atomic E-state index is 14.2. The number of rotatable bonds is 5. The molecular formula is C32H32Br2F6N2O2. The van der Waals surface area contributed by atoms with Gasteiger partial charge in [0.15, 0.2) is 0 Å². The maximum atomic E-state index is 14.2. The van der Waals surface area contributed by atoms with Gasteiger partial charge < -0.3 is 10.6 Å². The van der Waals surface area contributed by atoms with Crippen LogP contribution in [0.1, 0.15) is 64.5 Å². The first kappa shape index (κ1) is 37.1. The van der Waals surface area contributed by atoms with Crippen molar-refractivity contribution in [3.8, 4) is 11.1 Å². The minimum absolute atomic E-state index is 0.0538. The van der Waals surface area contributed by atoms with Crippen molar-refractivity contribution in [2.75, 3.05) is 10.6 Å². The number of nitrogens with one attached hydrogen (secondary N) is 2. The fraction of sp³-hybridized carbons (Fsp3) is 0.312. The molecule has 0 fully saturated rings. The molecule has 0 saturated heterocycles. The Hall–Kier alpha value is -3.12. The molecule has 0 saturated carbocycles. The molecule has 44 heavy (non-hydrogen) atoms. The second kappa shape index (κ2) is 16.3. The van der Waals surface area contributed by atoms with Crippen LogP contribution < -0.4 is 10.6 Å². The molecule has 0 heterocycles. The predicted octanol–water partition coefficient (Wildman–Crippen LogP) is 11.4.